The Labute approximate surface area is 358 Å². The zero-order chi connectivity index (χ0) is 42.6. The first-order valence-electron chi connectivity index (χ1n) is 19.9. The highest BCUT2D eigenvalue weighted by Crippen LogP contribution is 2.42. The van der Waals surface area contributed by atoms with Gasteiger partial charge in [0.1, 0.15) is 29.4 Å². The van der Waals surface area contributed by atoms with E-state index in [2.05, 4.69) is 30.7 Å². The van der Waals surface area contributed by atoms with E-state index in [1.54, 1.807) is 0 Å². The number of likely N-dealkylation sites (tertiary alicyclic amines) is 1. The number of hydrogen-bond donors (Lipinski definition) is 3. The molecule has 0 aliphatic carbocycles. The zero-order valence-corrected chi connectivity index (χ0v) is 34.4. The van der Waals surface area contributed by atoms with Gasteiger partial charge in [-0.1, -0.05) is 23.2 Å². The number of halogens is 2. The van der Waals surface area contributed by atoms with E-state index >= 15 is 0 Å². The first-order valence-corrected chi connectivity index (χ1v) is 20.7. The van der Waals surface area contributed by atoms with Gasteiger partial charge in [0.25, 0.3) is 11.8 Å². The van der Waals surface area contributed by atoms with Gasteiger partial charge in [0.05, 0.1) is 26.7 Å². The van der Waals surface area contributed by atoms with Crippen LogP contribution in [-0.4, -0.2) is 97.6 Å². The number of amides is 6. The lowest BCUT2D eigenvalue weighted by Crippen LogP contribution is -2.73. The summed E-state index contributed by atoms with van der Waals surface area (Å²) in [6, 6.07) is 13.0. The number of rotatable bonds is 12. The molecule has 16 nitrogen and oxygen atoms in total. The third-order valence-corrected chi connectivity index (χ3v) is 12.3. The van der Waals surface area contributed by atoms with Crippen LogP contribution in [0.4, 0.5) is 11.5 Å². The number of hydrogen-bond acceptors (Lipinski definition) is 11. The summed E-state index contributed by atoms with van der Waals surface area (Å²) in [4.78, 5) is 89.3. The topological polar surface area (TPSA) is 200 Å². The van der Waals surface area contributed by atoms with Crippen LogP contribution in [0.3, 0.4) is 0 Å². The Hall–Kier alpha value is -6.39. The van der Waals surface area contributed by atoms with Crippen LogP contribution < -0.4 is 20.3 Å². The Morgan fingerprint density at radius 1 is 0.918 bits per heavy atom. The smallest absolute Gasteiger partial charge is 0.262 e. The molecule has 7 heterocycles. The SMILES string of the molecule is C[C@@H](Oc1ccc2[nH]nc(-c3ccc(N4CC5(CN(C(=O)CCCCC(=O)Nc6ccc7c(c6)C(=O)N(C6CCC(=O)NC6=O)C7=O)C5)C4)nc3)c2c1)c1c(Cl)cncc1Cl. The number of pyridine rings is 2. The number of carbonyl (C=O) groups excluding carboxylic acids is 6. The van der Waals surface area contributed by atoms with E-state index in [-0.39, 0.29) is 47.6 Å². The normalized spacial score (nSPS) is 18.5. The molecule has 2 aromatic carbocycles. The molecule has 0 radical (unpaired) electrons. The number of aromatic nitrogens is 4. The first-order chi connectivity index (χ1) is 29.4. The first kappa shape index (κ1) is 40.0. The molecule has 3 fully saturated rings. The fourth-order valence-electron chi connectivity index (χ4n) is 8.63. The molecule has 1 spiro atoms. The highest BCUT2D eigenvalue weighted by atomic mass is 35.5. The number of anilines is 2. The van der Waals surface area contributed by atoms with Crippen molar-refractivity contribution in [3.05, 3.63) is 93.9 Å². The molecule has 5 aromatic rings. The van der Waals surface area contributed by atoms with E-state index in [1.165, 1.54) is 30.6 Å². The number of imide groups is 2. The molecule has 3 N–H and O–H groups in total. The number of carbonyl (C=O) groups is 6. The van der Waals surface area contributed by atoms with E-state index in [9.17, 15) is 28.8 Å². The predicted molar refractivity (Wildman–Crippen MR) is 224 cm³/mol. The lowest BCUT2D eigenvalue weighted by molar-refractivity contribution is -0.145. The Bertz CT molecular complexity index is 2620. The zero-order valence-electron chi connectivity index (χ0n) is 32.9. The maximum absolute atomic E-state index is 13.1. The van der Waals surface area contributed by atoms with Gasteiger partial charge in [-0.3, -0.25) is 49.1 Å². The van der Waals surface area contributed by atoms with Crippen molar-refractivity contribution >= 4 is 81.1 Å². The standard InChI is InChI=1S/C43H39Cl2N9O7/c1-23(38-30(44)17-46-18-31(38)45)61-26-8-10-32-29(15-26)39(51-50-32)24-6-12-34(47-16-24)52-19-43(20-52)21-53(22-43)37(57)5-3-2-4-35(55)48-25-7-9-27-28(14-25)42(60)54(41(27)59)33-11-13-36(56)49-40(33)58/h6-10,12,14-18,23,33H,2-5,11,13,19-22H2,1H3,(H,48,55)(H,50,51)(H,49,56,58)/t23-,33?/m1/s1. The molecule has 61 heavy (non-hydrogen) atoms. The summed E-state index contributed by atoms with van der Waals surface area (Å²) >= 11 is 12.7. The third-order valence-electron chi connectivity index (χ3n) is 11.7. The van der Waals surface area contributed by atoms with Crippen molar-refractivity contribution in [2.24, 2.45) is 5.41 Å². The minimum absolute atomic E-state index is 0.0265. The van der Waals surface area contributed by atoms with Gasteiger partial charge in [0, 0.05) is 91.6 Å². The number of fused-ring (bicyclic) bond motifs is 2. The summed E-state index contributed by atoms with van der Waals surface area (Å²) in [5.41, 5.74) is 3.73. The van der Waals surface area contributed by atoms with Crippen molar-refractivity contribution in [3.63, 3.8) is 0 Å². The Morgan fingerprint density at radius 3 is 2.41 bits per heavy atom. The third kappa shape index (κ3) is 7.65. The largest absolute Gasteiger partial charge is 0.486 e. The molecular formula is C43H39Cl2N9O7. The molecule has 1 unspecified atom stereocenters. The fraction of sp³-hybridized carbons (Fsp3) is 0.326. The maximum Gasteiger partial charge on any atom is 0.262 e. The number of H-pyrrole nitrogens is 1. The summed E-state index contributed by atoms with van der Waals surface area (Å²) in [6.07, 6.45) is 6.12. The maximum atomic E-state index is 13.1. The summed E-state index contributed by atoms with van der Waals surface area (Å²) in [7, 11) is 0. The predicted octanol–water partition coefficient (Wildman–Crippen LogP) is 5.72. The van der Waals surface area contributed by atoms with Crippen molar-refractivity contribution in [1.29, 1.82) is 0 Å². The second kappa shape index (κ2) is 15.9. The molecule has 2 atom stereocenters. The van der Waals surface area contributed by atoms with Crippen LogP contribution in [0.2, 0.25) is 10.0 Å². The number of nitrogens with one attached hydrogen (secondary N) is 3. The van der Waals surface area contributed by atoms with Crippen LogP contribution in [0.25, 0.3) is 22.2 Å². The van der Waals surface area contributed by atoms with Crippen LogP contribution in [0.5, 0.6) is 5.75 Å². The van der Waals surface area contributed by atoms with Gasteiger partial charge >= 0.3 is 0 Å². The lowest BCUT2D eigenvalue weighted by Gasteiger charge is -2.60. The van der Waals surface area contributed by atoms with Gasteiger partial charge in [-0.05, 0) is 74.7 Å². The van der Waals surface area contributed by atoms with Crippen molar-refractivity contribution in [2.45, 2.75) is 57.6 Å². The molecule has 9 rings (SSSR count). The highest BCUT2D eigenvalue weighted by Gasteiger charge is 2.53. The monoisotopic (exact) mass is 863 g/mol. The van der Waals surface area contributed by atoms with E-state index in [4.69, 9.17) is 32.9 Å². The average Bonchev–Trinajstić information content (AvgIpc) is 3.72. The minimum Gasteiger partial charge on any atom is -0.486 e. The second-order valence-electron chi connectivity index (χ2n) is 16.0. The van der Waals surface area contributed by atoms with Gasteiger partial charge in [0.2, 0.25) is 23.6 Å². The number of ether oxygens (including phenoxy) is 1. The molecule has 3 saturated heterocycles. The van der Waals surface area contributed by atoms with Crippen molar-refractivity contribution in [3.8, 4) is 17.0 Å². The lowest BCUT2D eigenvalue weighted by atomic mass is 9.72. The molecule has 312 valence electrons. The number of aromatic amines is 1. The second-order valence-corrected chi connectivity index (χ2v) is 16.8. The number of unbranched alkanes of at least 4 members (excludes halogenated alkanes) is 1. The van der Waals surface area contributed by atoms with E-state index in [0.29, 0.717) is 59.4 Å². The molecule has 6 amide bonds. The van der Waals surface area contributed by atoms with Gasteiger partial charge in [-0.15, -0.1) is 0 Å². The number of piperidine rings is 1. The Kier molecular flexibility index (Phi) is 10.4. The van der Waals surface area contributed by atoms with E-state index in [0.717, 1.165) is 46.0 Å². The number of nitrogens with zero attached hydrogens (tertiary/aromatic N) is 6. The molecule has 18 heteroatoms. The molecule has 0 saturated carbocycles. The van der Waals surface area contributed by atoms with Gasteiger partial charge in [-0.25, -0.2) is 4.98 Å². The molecular weight excluding hydrogens is 825 g/mol. The van der Waals surface area contributed by atoms with Gasteiger partial charge < -0.3 is 19.9 Å². The quantitative estimate of drug-likeness (QED) is 0.102. The van der Waals surface area contributed by atoms with E-state index in [1.807, 2.05) is 48.4 Å². The van der Waals surface area contributed by atoms with Crippen molar-refractivity contribution in [1.82, 2.24) is 35.3 Å². The summed E-state index contributed by atoms with van der Waals surface area (Å²) < 4.78 is 6.22. The Morgan fingerprint density at radius 2 is 1.67 bits per heavy atom. The summed E-state index contributed by atoms with van der Waals surface area (Å²) in [5, 5.41) is 14.3. The molecule has 4 aliphatic heterocycles. The van der Waals surface area contributed by atoms with Gasteiger partial charge in [0.15, 0.2) is 0 Å². The molecule has 3 aromatic heterocycles. The van der Waals surface area contributed by atoms with Crippen LogP contribution in [0.15, 0.2) is 67.1 Å². The number of benzene rings is 2. The minimum atomic E-state index is -1.07. The highest BCUT2D eigenvalue weighted by molar-refractivity contribution is 6.35. The van der Waals surface area contributed by atoms with Crippen LogP contribution in [0.1, 0.15) is 77.8 Å². The molecule has 0 bridgehead atoms. The van der Waals surface area contributed by atoms with Crippen molar-refractivity contribution < 1.29 is 33.5 Å². The average molecular weight is 865 g/mol. The van der Waals surface area contributed by atoms with Crippen LogP contribution in [0, 0.1) is 5.41 Å². The van der Waals surface area contributed by atoms with E-state index < -0.39 is 35.8 Å². The van der Waals surface area contributed by atoms with Crippen molar-refractivity contribution in [2.75, 3.05) is 36.4 Å². The Balaban J connectivity index is 0.709. The van der Waals surface area contributed by atoms with Gasteiger partial charge in [-0.2, -0.15) is 5.10 Å². The van der Waals surface area contributed by atoms with Crippen LogP contribution >= 0.6 is 23.2 Å². The summed E-state index contributed by atoms with van der Waals surface area (Å²) in [5.74, 6) is -1.13. The van der Waals surface area contributed by atoms with Crippen LogP contribution in [-0.2, 0) is 19.2 Å². The fourth-order valence-corrected chi connectivity index (χ4v) is 9.30. The molecule has 4 aliphatic rings. The summed E-state index contributed by atoms with van der Waals surface area (Å²) in [6.45, 7) is 4.85.